The zero-order valence-electron chi connectivity index (χ0n) is 14.6. The minimum atomic E-state index is -0.139. The summed E-state index contributed by atoms with van der Waals surface area (Å²) in [6.45, 7) is 7.82. The summed E-state index contributed by atoms with van der Waals surface area (Å²) in [5.41, 5.74) is 3.50. The first-order valence-electron chi connectivity index (χ1n) is 8.70. The van der Waals surface area contributed by atoms with Gasteiger partial charge in [-0.1, -0.05) is 13.3 Å². The van der Waals surface area contributed by atoms with Gasteiger partial charge in [-0.05, 0) is 43.7 Å². The number of rotatable bonds is 6. The fourth-order valence-corrected chi connectivity index (χ4v) is 4.30. The van der Waals surface area contributed by atoms with E-state index in [1.54, 1.807) is 11.3 Å². The van der Waals surface area contributed by atoms with E-state index in [0.29, 0.717) is 0 Å². The predicted molar refractivity (Wildman–Crippen MR) is 97.0 cm³/mol. The highest BCUT2D eigenvalue weighted by molar-refractivity contribution is 7.10. The Morgan fingerprint density at radius 2 is 2.38 bits per heavy atom. The molecule has 2 aromatic heterocycles. The molecule has 2 aromatic rings. The number of aromatic nitrogens is 2. The van der Waals surface area contributed by atoms with Crippen LogP contribution in [0.25, 0.3) is 0 Å². The molecule has 0 saturated heterocycles. The summed E-state index contributed by atoms with van der Waals surface area (Å²) in [5.74, 6) is 0.224. The summed E-state index contributed by atoms with van der Waals surface area (Å²) in [7, 11) is 0. The van der Waals surface area contributed by atoms with Crippen LogP contribution in [-0.2, 0) is 17.8 Å². The van der Waals surface area contributed by atoms with Crippen molar-refractivity contribution in [3.8, 4) is 0 Å². The average Bonchev–Trinajstić information content (AvgIpc) is 3.21. The van der Waals surface area contributed by atoms with Crippen molar-refractivity contribution in [3.63, 3.8) is 0 Å². The lowest BCUT2D eigenvalue weighted by Gasteiger charge is -2.32. The van der Waals surface area contributed by atoms with Gasteiger partial charge in [0.2, 0.25) is 5.91 Å². The van der Waals surface area contributed by atoms with E-state index in [4.69, 9.17) is 0 Å². The molecule has 130 valence electrons. The molecule has 0 spiro atoms. The number of H-pyrrole nitrogens is 1. The molecule has 0 radical (unpaired) electrons. The first kappa shape index (κ1) is 17.2. The van der Waals surface area contributed by atoms with E-state index in [0.717, 1.165) is 43.6 Å². The molecule has 1 aliphatic heterocycles. The number of nitrogens with one attached hydrogen (secondary N) is 2. The molecule has 2 atom stereocenters. The molecule has 2 unspecified atom stereocenters. The van der Waals surface area contributed by atoms with Crippen molar-refractivity contribution < 1.29 is 4.79 Å². The van der Waals surface area contributed by atoms with Crippen LogP contribution in [0.4, 0.5) is 0 Å². The van der Waals surface area contributed by atoms with Crippen LogP contribution in [0.1, 0.15) is 54.4 Å². The van der Waals surface area contributed by atoms with Gasteiger partial charge in [-0.15, -0.1) is 11.3 Å². The number of carbonyl (C=O) groups excluding carboxylic acids is 1. The number of amides is 1. The van der Waals surface area contributed by atoms with Gasteiger partial charge < -0.3 is 4.90 Å². The standard InChI is InChI=1S/C18H26N4OS/c1-4-5-16(20-12(2)15-10-19-21-13(15)3)18(23)22-8-6-17-14(11-22)7-9-24-17/h7,9-10,12,16,20H,4-6,8,11H2,1-3H3,(H,19,21). The molecule has 1 amide bonds. The van der Waals surface area contributed by atoms with Gasteiger partial charge in [0.15, 0.2) is 0 Å². The van der Waals surface area contributed by atoms with Crippen molar-refractivity contribution in [2.24, 2.45) is 0 Å². The van der Waals surface area contributed by atoms with Gasteiger partial charge in [-0.2, -0.15) is 5.10 Å². The third-order valence-electron chi connectivity index (χ3n) is 4.78. The Hall–Kier alpha value is -1.66. The number of thiophene rings is 1. The maximum absolute atomic E-state index is 13.1. The summed E-state index contributed by atoms with van der Waals surface area (Å²) < 4.78 is 0. The summed E-state index contributed by atoms with van der Waals surface area (Å²) in [5, 5.41) is 12.7. The second-order valence-corrected chi connectivity index (χ2v) is 7.56. The minimum Gasteiger partial charge on any atom is -0.337 e. The van der Waals surface area contributed by atoms with E-state index in [1.165, 1.54) is 10.4 Å². The Bertz CT molecular complexity index is 693. The molecule has 6 heteroatoms. The molecule has 5 nitrogen and oxygen atoms in total. The number of fused-ring (bicyclic) bond motifs is 1. The minimum absolute atomic E-state index is 0.103. The maximum atomic E-state index is 13.1. The van der Waals surface area contributed by atoms with Crippen molar-refractivity contribution in [2.75, 3.05) is 6.54 Å². The zero-order valence-corrected chi connectivity index (χ0v) is 15.4. The van der Waals surface area contributed by atoms with Crippen molar-refractivity contribution in [1.29, 1.82) is 0 Å². The molecule has 1 aliphatic rings. The van der Waals surface area contributed by atoms with Crippen LogP contribution >= 0.6 is 11.3 Å². The Morgan fingerprint density at radius 3 is 3.08 bits per heavy atom. The highest BCUT2D eigenvalue weighted by Crippen LogP contribution is 2.25. The third-order valence-corrected chi connectivity index (χ3v) is 5.80. The quantitative estimate of drug-likeness (QED) is 0.844. The maximum Gasteiger partial charge on any atom is 0.240 e. The summed E-state index contributed by atoms with van der Waals surface area (Å²) in [6.07, 6.45) is 4.66. The van der Waals surface area contributed by atoms with E-state index in [9.17, 15) is 4.79 Å². The molecule has 2 N–H and O–H groups in total. The molecular weight excluding hydrogens is 320 g/mol. The van der Waals surface area contributed by atoms with E-state index < -0.39 is 0 Å². The van der Waals surface area contributed by atoms with Gasteiger partial charge in [0.05, 0.1) is 12.2 Å². The Balaban J connectivity index is 1.69. The smallest absolute Gasteiger partial charge is 0.240 e. The van der Waals surface area contributed by atoms with Crippen molar-refractivity contribution in [2.45, 2.75) is 58.7 Å². The second-order valence-electron chi connectivity index (χ2n) is 6.56. The summed E-state index contributed by atoms with van der Waals surface area (Å²) in [6, 6.07) is 2.12. The first-order chi connectivity index (χ1) is 11.6. The fourth-order valence-electron chi connectivity index (χ4n) is 3.41. The van der Waals surface area contributed by atoms with E-state index in [2.05, 4.69) is 40.8 Å². The van der Waals surface area contributed by atoms with Crippen LogP contribution in [0.2, 0.25) is 0 Å². The highest BCUT2D eigenvalue weighted by atomic mass is 32.1. The van der Waals surface area contributed by atoms with E-state index in [-0.39, 0.29) is 18.0 Å². The number of aromatic amines is 1. The molecule has 24 heavy (non-hydrogen) atoms. The van der Waals surface area contributed by atoms with Crippen molar-refractivity contribution in [1.82, 2.24) is 20.4 Å². The lowest BCUT2D eigenvalue weighted by atomic mass is 10.0. The van der Waals surface area contributed by atoms with Crippen LogP contribution in [0.15, 0.2) is 17.6 Å². The van der Waals surface area contributed by atoms with Crippen LogP contribution in [0, 0.1) is 6.92 Å². The first-order valence-corrected chi connectivity index (χ1v) is 9.58. The predicted octanol–water partition coefficient (Wildman–Crippen LogP) is 3.18. The lowest BCUT2D eigenvalue weighted by molar-refractivity contribution is -0.134. The molecule has 0 aromatic carbocycles. The Morgan fingerprint density at radius 1 is 1.54 bits per heavy atom. The largest absolute Gasteiger partial charge is 0.337 e. The number of aryl methyl sites for hydroxylation is 1. The highest BCUT2D eigenvalue weighted by Gasteiger charge is 2.28. The SMILES string of the molecule is CCCC(NC(C)c1cn[nH]c1C)C(=O)N1CCc2sccc2C1. The zero-order chi connectivity index (χ0) is 17.1. The lowest BCUT2D eigenvalue weighted by Crippen LogP contribution is -2.48. The summed E-state index contributed by atoms with van der Waals surface area (Å²) >= 11 is 1.80. The van der Waals surface area contributed by atoms with Gasteiger partial charge >= 0.3 is 0 Å². The van der Waals surface area contributed by atoms with Gasteiger partial charge in [-0.3, -0.25) is 15.2 Å². The molecule has 3 heterocycles. The van der Waals surface area contributed by atoms with Crippen LogP contribution in [0.5, 0.6) is 0 Å². The van der Waals surface area contributed by atoms with E-state index >= 15 is 0 Å². The van der Waals surface area contributed by atoms with Gasteiger partial charge in [0.25, 0.3) is 0 Å². The van der Waals surface area contributed by atoms with E-state index in [1.807, 2.05) is 18.0 Å². The van der Waals surface area contributed by atoms with Gasteiger partial charge in [0.1, 0.15) is 0 Å². The average molecular weight is 347 g/mol. The van der Waals surface area contributed by atoms with Crippen LogP contribution in [-0.4, -0.2) is 33.6 Å². The topological polar surface area (TPSA) is 61.0 Å². The number of hydrogen-bond donors (Lipinski definition) is 2. The molecule has 0 bridgehead atoms. The summed E-state index contributed by atoms with van der Waals surface area (Å²) in [4.78, 5) is 16.5. The van der Waals surface area contributed by atoms with Gasteiger partial charge in [-0.25, -0.2) is 0 Å². The van der Waals surface area contributed by atoms with Gasteiger partial charge in [0, 0.05) is 35.3 Å². The molecule has 3 rings (SSSR count). The molecular formula is C18H26N4OS. The third kappa shape index (κ3) is 3.54. The Labute approximate surface area is 147 Å². The number of hydrogen-bond acceptors (Lipinski definition) is 4. The number of carbonyl (C=O) groups is 1. The Kier molecular flexibility index (Phi) is 5.36. The molecule has 0 fully saturated rings. The monoisotopic (exact) mass is 346 g/mol. The van der Waals surface area contributed by atoms with Crippen LogP contribution in [0.3, 0.4) is 0 Å². The second kappa shape index (κ2) is 7.49. The number of nitrogens with zero attached hydrogens (tertiary/aromatic N) is 2. The molecule has 0 aliphatic carbocycles. The van der Waals surface area contributed by atoms with Crippen molar-refractivity contribution in [3.05, 3.63) is 39.3 Å². The normalized spacial score (nSPS) is 16.7. The molecule has 0 saturated carbocycles. The fraction of sp³-hybridized carbons (Fsp3) is 0.556. The van der Waals surface area contributed by atoms with Crippen LogP contribution < -0.4 is 5.32 Å². The van der Waals surface area contributed by atoms with Crippen molar-refractivity contribution >= 4 is 17.2 Å².